The Kier molecular flexibility index (Phi) is 4.03. The fourth-order valence-corrected chi connectivity index (χ4v) is 2.68. The molecule has 0 unspecified atom stereocenters. The van der Waals surface area contributed by atoms with Gasteiger partial charge in [0.1, 0.15) is 5.82 Å². The molecular weight excluding hydrogens is 316 g/mol. The SMILES string of the molecule is O=C(Nc1cccc(-c2n[nH]c(C3CC3)n2)c1)[C@H](O)c1ccccc1. The lowest BCUT2D eigenvalue weighted by Gasteiger charge is -2.12. The van der Waals surface area contributed by atoms with E-state index in [1.54, 1.807) is 36.4 Å². The van der Waals surface area contributed by atoms with Crippen LogP contribution >= 0.6 is 0 Å². The van der Waals surface area contributed by atoms with Crippen molar-refractivity contribution in [2.75, 3.05) is 5.32 Å². The maximum atomic E-state index is 12.3. The van der Waals surface area contributed by atoms with E-state index in [0.29, 0.717) is 23.0 Å². The van der Waals surface area contributed by atoms with Crippen molar-refractivity contribution in [3.63, 3.8) is 0 Å². The minimum atomic E-state index is -1.21. The molecule has 126 valence electrons. The molecule has 1 atom stereocenters. The zero-order valence-electron chi connectivity index (χ0n) is 13.5. The third kappa shape index (κ3) is 3.44. The number of aliphatic hydroxyl groups is 1. The minimum Gasteiger partial charge on any atom is -0.378 e. The van der Waals surface area contributed by atoms with E-state index in [9.17, 15) is 9.90 Å². The maximum Gasteiger partial charge on any atom is 0.257 e. The highest BCUT2D eigenvalue weighted by Gasteiger charge is 2.27. The third-order valence-electron chi connectivity index (χ3n) is 4.22. The van der Waals surface area contributed by atoms with Crippen LogP contribution in [0.4, 0.5) is 5.69 Å². The number of aromatic amines is 1. The number of benzene rings is 2. The number of rotatable bonds is 5. The summed E-state index contributed by atoms with van der Waals surface area (Å²) < 4.78 is 0. The van der Waals surface area contributed by atoms with Crippen molar-refractivity contribution in [3.05, 3.63) is 66.0 Å². The maximum absolute atomic E-state index is 12.3. The van der Waals surface area contributed by atoms with E-state index in [0.717, 1.165) is 24.2 Å². The summed E-state index contributed by atoms with van der Waals surface area (Å²) in [6, 6.07) is 16.1. The van der Waals surface area contributed by atoms with Gasteiger partial charge in [0.15, 0.2) is 11.9 Å². The lowest BCUT2D eigenvalue weighted by atomic mass is 10.1. The van der Waals surface area contributed by atoms with E-state index in [1.165, 1.54) is 0 Å². The number of hydrogen-bond donors (Lipinski definition) is 3. The lowest BCUT2D eigenvalue weighted by molar-refractivity contribution is -0.124. The standard InChI is InChI=1S/C19H18N4O2/c24-16(12-5-2-1-3-6-12)19(25)20-15-8-4-7-14(11-15)18-21-17(22-23-18)13-9-10-13/h1-8,11,13,16,24H,9-10H2,(H,20,25)(H,21,22,23)/t16-/m1/s1. The van der Waals surface area contributed by atoms with Crippen LogP contribution in [-0.2, 0) is 4.79 Å². The van der Waals surface area contributed by atoms with Crippen molar-refractivity contribution >= 4 is 11.6 Å². The molecule has 1 saturated carbocycles. The van der Waals surface area contributed by atoms with Gasteiger partial charge >= 0.3 is 0 Å². The predicted molar refractivity (Wildman–Crippen MR) is 93.8 cm³/mol. The van der Waals surface area contributed by atoms with Crippen molar-refractivity contribution in [1.29, 1.82) is 0 Å². The number of amides is 1. The molecule has 1 amide bonds. The van der Waals surface area contributed by atoms with Crippen LogP contribution in [0.1, 0.15) is 36.3 Å². The molecule has 1 heterocycles. The Morgan fingerprint density at radius 3 is 2.72 bits per heavy atom. The van der Waals surface area contributed by atoms with Gasteiger partial charge in [0, 0.05) is 17.2 Å². The minimum absolute atomic E-state index is 0.475. The molecule has 0 spiro atoms. The van der Waals surface area contributed by atoms with Gasteiger partial charge in [-0.05, 0) is 30.5 Å². The van der Waals surface area contributed by atoms with E-state index >= 15 is 0 Å². The molecule has 1 aliphatic carbocycles. The van der Waals surface area contributed by atoms with Gasteiger partial charge in [-0.25, -0.2) is 4.98 Å². The summed E-state index contributed by atoms with van der Waals surface area (Å²) in [5.74, 6) is 1.56. The average molecular weight is 334 g/mol. The molecule has 1 aromatic heterocycles. The molecule has 3 N–H and O–H groups in total. The van der Waals surface area contributed by atoms with Crippen molar-refractivity contribution in [2.24, 2.45) is 0 Å². The van der Waals surface area contributed by atoms with Gasteiger partial charge < -0.3 is 10.4 Å². The average Bonchev–Trinajstić information content (AvgIpc) is 3.39. The van der Waals surface area contributed by atoms with Crippen LogP contribution in [0, 0.1) is 0 Å². The topological polar surface area (TPSA) is 90.9 Å². The molecule has 0 aliphatic heterocycles. The molecule has 6 nitrogen and oxygen atoms in total. The first-order valence-electron chi connectivity index (χ1n) is 8.27. The Hall–Kier alpha value is -2.99. The van der Waals surface area contributed by atoms with Crippen LogP contribution in [0.15, 0.2) is 54.6 Å². The largest absolute Gasteiger partial charge is 0.378 e. The molecule has 25 heavy (non-hydrogen) atoms. The van der Waals surface area contributed by atoms with Gasteiger partial charge in [0.05, 0.1) is 0 Å². The van der Waals surface area contributed by atoms with Gasteiger partial charge in [-0.15, -0.1) is 0 Å². The predicted octanol–water partition coefficient (Wildman–Crippen LogP) is 3.02. The molecular formula is C19H18N4O2. The molecule has 1 aliphatic rings. The van der Waals surface area contributed by atoms with E-state index in [1.807, 2.05) is 18.2 Å². The highest BCUT2D eigenvalue weighted by molar-refractivity contribution is 5.95. The second kappa shape index (κ2) is 6.49. The molecule has 1 fully saturated rings. The second-order valence-electron chi connectivity index (χ2n) is 6.20. The first-order chi connectivity index (χ1) is 12.2. The molecule has 0 radical (unpaired) electrons. The Morgan fingerprint density at radius 1 is 1.16 bits per heavy atom. The summed E-state index contributed by atoms with van der Waals surface area (Å²) in [6.45, 7) is 0. The smallest absolute Gasteiger partial charge is 0.257 e. The molecule has 3 aromatic rings. The Balaban J connectivity index is 1.50. The number of anilines is 1. The summed E-state index contributed by atoms with van der Waals surface area (Å²) in [5.41, 5.74) is 1.96. The number of nitrogens with zero attached hydrogens (tertiary/aromatic N) is 2. The highest BCUT2D eigenvalue weighted by atomic mass is 16.3. The van der Waals surface area contributed by atoms with Crippen LogP contribution in [0.2, 0.25) is 0 Å². The first kappa shape index (κ1) is 15.5. The zero-order chi connectivity index (χ0) is 17.2. The number of aromatic nitrogens is 3. The van der Waals surface area contributed by atoms with E-state index in [4.69, 9.17) is 0 Å². The Labute approximate surface area is 144 Å². The van der Waals surface area contributed by atoms with Crippen molar-refractivity contribution < 1.29 is 9.90 Å². The first-order valence-corrected chi connectivity index (χ1v) is 8.27. The highest BCUT2D eigenvalue weighted by Crippen LogP contribution is 2.38. The van der Waals surface area contributed by atoms with Crippen molar-refractivity contribution in [3.8, 4) is 11.4 Å². The summed E-state index contributed by atoms with van der Waals surface area (Å²) in [6.07, 6.45) is 1.10. The number of nitrogens with one attached hydrogen (secondary N) is 2. The monoisotopic (exact) mass is 334 g/mol. The van der Waals surface area contributed by atoms with Crippen LogP contribution in [0.3, 0.4) is 0 Å². The van der Waals surface area contributed by atoms with E-state index in [-0.39, 0.29) is 0 Å². The fourth-order valence-electron chi connectivity index (χ4n) is 2.68. The van der Waals surface area contributed by atoms with E-state index < -0.39 is 12.0 Å². The molecule has 6 heteroatoms. The van der Waals surface area contributed by atoms with E-state index in [2.05, 4.69) is 20.5 Å². The number of carbonyl (C=O) groups is 1. The van der Waals surface area contributed by atoms with Crippen LogP contribution in [0.5, 0.6) is 0 Å². The normalized spacial score (nSPS) is 14.9. The summed E-state index contributed by atoms with van der Waals surface area (Å²) in [5, 5.41) is 20.1. The Bertz CT molecular complexity index is 887. The molecule has 2 aromatic carbocycles. The lowest BCUT2D eigenvalue weighted by Crippen LogP contribution is -2.20. The van der Waals surface area contributed by atoms with Crippen LogP contribution in [-0.4, -0.2) is 26.2 Å². The molecule has 0 bridgehead atoms. The molecule has 4 rings (SSSR count). The fraction of sp³-hybridized carbons (Fsp3) is 0.211. The number of H-pyrrole nitrogens is 1. The van der Waals surface area contributed by atoms with Gasteiger partial charge in [-0.3, -0.25) is 9.89 Å². The number of hydrogen-bond acceptors (Lipinski definition) is 4. The molecule has 0 saturated heterocycles. The summed E-state index contributed by atoms with van der Waals surface area (Å²) in [7, 11) is 0. The zero-order valence-corrected chi connectivity index (χ0v) is 13.5. The summed E-state index contributed by atoms with van der Waals surface area (Å²) >= 11 is 0. The number of aliphatic hydroxyl groups excluding tert-OH is 1. The second-order valence-corrected chi connectivity index (χ2v) is 6.20. The van der Waals surface area contributed by atoms with Crippen LogP contribution in [0.25, 0.3) is 11.4 Å². The van der Waals surface area contributed by atoms with Crippen molar-refractivity contribution in [1.82, 2.24) is 15.2 Å². The third-order valence-corrected chi connectivity index (χ3v) is 4.22. The Morgan fingerprint density at radius 2 is 1.96 bits per heavy atom. The number of carbonyl (C=O) groups excluding carboxylic acids is 1. The van der Waals surface area contributed by atoms with Gasteiger partial charge in [0.2, 0.25) is 0 Å². The van der Waals surface area contributed by atoms with Gasteiger partial charge in [0.25, 0.3) is 5.91 Å². The summed E-state index contributed by atoms with van der Waals surface area (Å²) in [4.78, 5) is 16.8. The van der Waals surface area contributed by atoms with Crippen molar-refractivity contribution in [2.45, 2.75) is 24.9 Å². The quantitative estimate of drug-likeness (QED) is 0.669. The van der Waals surface area contributed by atoms with Gasteiger partial charge in [-0.1, -0.05) is 42.5 Å². The van der Waals surface area contributed by atoms with Gasteiger partial charge in [-0.2, -0.15) is 5.10 Å². The van der Waals surface area contributed by atoms with Crippen LogP contribution < -0.4 is 5.32 Å².